The molecule has 0 fully saturated rings. The molecule has 0 aliphatic carbocycles. The second-order valence-electron chi connectivity index (χ2n) is 2.44. The summed E-state index contributed by atoms with van der Waals surface area (Å²) in [4.78, 5) is 9.82. The van der Waals surface area contributed by atoms with E-state index in [4.69, 9.17) is 0 Å². The molecule has 0 bridgehead atoms. The maximum Gasteiger partial charge on any atom is 0.418 e. The summed E-state index contributed by atoms with van der Waals surface area (Å²) >= 11 is 2.49. The molecule has 2 nitrogen and oxygen atoms in total. The second kappa shape index (κ2) is 4.00. The zero-order valence-electron chi connectivity index (χ0n) is 6.73. The predicted molar refractivity (Wildman–Crippen MR) is 49.4 cm³/mol. The van der Waals surface area contributed by atoms with Crippen molar-refractivity contribution in [2.24, 2.45) is 0 Å². The van der Waals surface area contributed by atoms with E-state index in [2.05, 4.69) is 15.9 Å². The normalized spacial score (nSPS) is 11.1. The van der Waals surface area contributed by atoms with Crippen LogP contribution in [0.15, 0.2) is 24.3 Å². The van der Waals surface area contributed by atoms with E-state index in [-0.39, 0.29) is 5.69 Å². The van der Waals surface area contributed by atoms with Crippen LogP contribution in [0.5, 0.6) is 0 Å². The van der Waals surface area contributed by atoms with Gasteiger partial charge in [0, 0.05) is 15.9 Å². The fraction of sp³-hybridized carbons (Fsp3) is 0.125. The Morgan fingerprint density at radius 1 is 1.29 bits per heavy atom. The summed E-state index contributed by atoms with van der Waals surface area (Å²) in [6, 6.07) is 4.75. The molecule has 1 rings (SSSR count). The van der Waals surface area contributed by atoms with Crippen LogP contribution in [0.1, 0.15) is 5.56 Å². The molecule has 0 aromatic heterocycles. The van der Waals surface area contributed by atoms with Crippen molar-refractivity contribution < 1.29 is 18.0 Å². The number of halogens is 4. The lowest BCUT2D eigenvalue weighted by Crippen LogP contribution is -2.11. The Morgan fingerprint density at radius 3 is 2.36 bits per heavy atom. The Labute approximate surface area is 86.2 Å². The van der Waals surface area contributed by atoms with E-state index < -0.39 is 16.6 Å². The van der Waals surface area contributed by atoms with Gasteiger partial charge in [-0.05, 0) is 12.1 Å². The molecule has 1 amide bonds. The van der Waals surface area contributed by atoms with Crippen LogP contribution in [-0.4, -0.2) is 4.82 Å². The molecule has 0 heterocycles. The Balaban J connectivity index is 3.10. The Morgan fingerprint density at radius 2 is 1.86 bits per heavy atom. The van der Waals surface area contributed by atoms with Crippen LogP contribution >= 0.6 is 15.9 Å². The predicted octanol–water partition coefficient (Wildman–Crippen LogP) is 3.63. The Kier molecular flexibility index (Phi) is 3.15. The number of anilines is 1. The van der Waals surface area contributed by atoms with Crippen LogP contribution in [0.4, 0.5) is 23.7 Å². The summed E-state index contributed by atoms with van der Waals surface area (Å²) in [5.41, 5.74) is -1.13. The fourth-order valence-corrected chi connectivity index (χ4v) is 1.16. The number of rotatable bonds is 1. The van der Waals surface area contributed by atoms with E-state index in [0.29, 0.717) is 0 Å². The number of carbonyl (C=O) groups excluding carboxylic acids is 1. The van der Waals surface area contributed by atoms with E-state index >= 15 is 0 Å². The maximum atomic E-state index is 12.3. The van der Waals surface area contributed by atoms with Crippen molar-refractivity contribution in [1.29, 1.82) is 0 Å². The van der Waals surface area contributed by atoms with Crippen LogP contribution in [0.2, 0.25) is 0 Å². The first-order chi connectivity index (χ1) is 6.41. The summed E-state index contributed by atoms with van der Waals surface area (Å²) in [6.07, 6.45) is -4.47. The monoisotopic (exact) mass is 267 g/mol. The second-order valence-corrected chi connectivity index (χ2v) is 3.16. The highest BCUT2D eigenvalue weighted by molar-refractivity contribution is 9.18. The van der Waals surface area contributed by atoms with Crippen molar-refractivity contribution in [1.82, 2.24) is 0 Å². The van der Waals surface area contributed by atoms with Crippen molar-refractivity contribution >= 4 is 26.4 Å². The van der Waals surface area contributed by atoms with Gasteiger partial charge >= 0.3 is 6.18 Å². The van der Waals surface area contributed by atoms with Crippen LogP contribution in [0, 0.1) is 0 Å². The molecule has 0 radical (unpaired) electrons. The van der Waals surface area contributed by atoms with E-state index in [1.54, 1.807) is 0 Å². The van der Waals surface area contributed by atoms with Gasteiger partial charge in [0.25, 0.3) is 4.82 Å². The third-order valence-electron chi connectivity index (χ3n) is 1.47. The standard InChI is InChI=1S/C8H5BrF3NO/c9-7(14)13-6-4-2-1-3-5(6)8(10,11)12/h1-4H,(H,13,14). The lowest BCUT2D eigenvalue weighted by atomic mass is 10.2. The van der Waals surface area contributed by atoms with Gasteiger partial charge in [-0.1, -0.05) is 12.1 Å². The average molecular weight is 268 g/mol. The number of benzene rings is 1. The van der Waals surface area contributed by atoms with E-state index in [0.717, 1.165) is 6.07 Å². The lowest BCUT2D eigenvalue weighted by molar-refractivity contribution is -0.136. The minimum absolute atomic E-state index is 0.262. The smallest absolute Gasteiger partial charge is 0.316 e. The summed E-state index contributed by atoms with van der Waals surface area (Å²) in [7, 11) is 0. The fourth-order valence-electron chi connectivity index (χ4n) is 0.945. The minimum atomic E-state index is -4.47. The number of amides is 1. The third kappa shape index (κ3) is 2.73. The van der Waals surface area contributed by atoms with Crippen molar-refractivity contribution in [3.05, 3.63) is 29.8 Å². The summed E-state index contributed by atoms with van der Waals surface area (Å²) in [6.45, 7) is 0. The van der Waals surface area contributed by atoms with Gasteiger partial charge in [-0.3, -0.25) is 4.79 Å². The number of carbonyl (C=O) groups is 1. The van der Waals surface area contributed by atoms with Gasteiger partial charge in [-0.25, -0.2) is 0 Å². The number of hydrogen-bond donors (Lipinski definition) is 1. The molecule has 0 unspecified atom stereocenters. The summed E-state index contributed by atoms with van der Waals surface area (Å²) in [5, 5.41) is 2.04. The summed E-state index contributed by atoms with van der Waals surface area (Å²) in [5.74, 6) is 0. The van der Waals surface area contributed by atoms with Gasteiger partial charge in [-0.2, -0.15) is 13.2 Å². The molecule has 1 aromatic rings. The van der Waals surface area contributed by atoms with Crippen LogP contribution in [-0.2, 0) is 6.18 Å². The van der Waals surface area contributed by atoms with Gasteiger partial charge < -0.3 is 5.32 Å². The topological polar surface area (TPSA) is 29.1 Å². The molecule has 0 atom stereocenters. The number of nitrogens with one attached hydrogen (secondary N) is 1. The van der Waals surface area contributed by atoms with E-state index in [1.807, 2.05) is 5.32 Å². The molecule has 0 aliphatic heterocycles. The molecular weight excluding hydrogens is 263 g/mol. The molecule has 1 N–H and O–H groups in total. The molecule has 0 spiro atoms. The first-order valence-electron chi connectivity index (χ1n) is 3.54. The molecule has 0 saturated carbocycles. The van der Waals surface area contributed by atoms with Gasteiger partial charge in [-0.15, -0.1) is 0 Å². The molecule has 1 aromatic carbocycles. The first-order valence-corrected chi connectivity index (χ1v) is 4.33. The number of hydrogen-bond acceptors (Lipinski definition) is 1. The molecule has 0 aliphatic rings. The Bertz CT molecular complexity index is 351. The average Bonchev–Trinajstić information content (AvgIpc) is 2.01. The van der Waals surface area contributed by atoms with Crippen molar-refractivity contribution in [3.63, 3.8) is 0 Å². The number of para-hydroxylation sites is 1. The van der Waals surface area contributed by atoms with Crippen molar-refractivity contribution in [3.8, 4) is 0 Å². The van der Waals surface area contributed by atoms with Crippen LogP contribution < -0.4 is 5.32 Å². The van der Waals surface area contributed by atoms with Gasteiger partial charge in [0.1, 0.15) is 0 Å². The summed E-state index contributed by atoms with van der Waals surface area (Å²) < 4.78 is 37.0. The van der Waals surface area contributed by atoms with Crippen molar-refractivity contribution in [2.45, 2.75) is 6.18 Å². The highest BCUT2D eigenvalue weighted by Gasteiger charge is 2.33. The SMILES string of the molecule is O=C(Br)Nc1ccccc1C(F)(F)F. The number of alkyl halides is 3. The minimum Gasteiger partial charge on any atom is -0.316 e. The quantitative estimate of drug-likeness (QED) is 0.611. The third-order valence-corrected chi connectivity index (χ3v) is 1.66. The molecule has 0 saturated heterocycles. The maximum absolute atomic E-state index is 12.3. The van der Waals surface area contributed by atoms with Gasteiger partial charge in [0.15, 0.2) is 0 Å². The van der Waals surface area contributed by atoms with Crippen LogP contribution in [0.25, 0.3) is 0 Å². The zero-order chi connectivity index (χ0) is 10.8. The van der Waals surface area contributed by atoms with Gasteiger partial charge in [0.2, 0.25) is 0 Å². The van der Waals surface area contributed by atoms with E-state index in [9.17, 15) is 18.0 Å². The largest absolute Gasteiger partial charge is 0.418 e. The molecule has 14 heavy (non-hydrogen) atoms. The molecule has 6 heteroatoms. The van der Waals surface area contributed by atoms with E-state index in [1.165, 1.54) is 18.2 Å². The zero-order valence-corrected chi connectivity index (χ0v) is 8.32. The first kappa shape index (κ1) is 11.0. The highest BCUT2D eigenvalue weighted by Crippen LogP contribution is 2.34. The van der Waals surface area contributed by atoms with Crippen molar-refractivity contribution in [2.75, 3.05) is 5.32 Å². The van der Waals surface area contributed by atoms with Gasteiger partial charge in [0.05, 0.1) is 11.3 Å². The molecule has 76 valence electrons. The Hall–Kier alpha value is -1.04. The molecular formula is C8H5BrF3NO. The highest BCUT2D eigenvalue weighted by atomic mass is 79.9. The van der Waals surface area contributed by atoms with Crippen LogP contribution in [0.3, 0.4) is 0 Å². The lowest BCUT2D eigenvalue weighted by Gasteiger charge is -2.11.